The zero-order valence-corrected chi connectivity index (χ0v) is 14.0. The lowest BCUT2D eigenvalue weighted by Crippen LogP contribution is -2.47. The van der Waals surface area contributed by atoms with Crippen LogP contribution in [-0.2, 0) is 16.1 Å². The van der Waals surface area contributed by atoms with E-state index in [4.69, 9.17) is 4.74 Å². The van der Waals surface area contributed by atoms with Crippen LogP contribution in [0.15, 0.2) is 30.3 Å². The van der Waals surface area contributed by atoms with Crippen LogP contribution in [0.25, 0.3) is 0 Å². The number of ether oxygens (including phenoxy) is 1. The van der Waals surface area contributed by atoms with Crippen molar-refractivity contribution in [2.75, 3.05) is 13.1 Å². The van der Waals surface area contributed by atoms with Gasteiger partial charge in [0.25, 0.3) is 0 Å². The number of piperidine rings is 1. The molecule has 0 aromatic heterocycles. The second kappa shape index (κ2) is 8.56. The fourth-order valence-corrected chi connectivity index (χ4v) is 2.55. The summed E-state index contributed by atoms with van der Waals surface area (Å²) in [5, 5.41) is 3.07. The Morgan fingerprint density at radius 1 is 1.26 bits per heavy atom. The molecule has 1 atom stereocenters. The minimum atomic E-state index is -0.277. The van der Waals surface area contributed by atoms with Gasteiger partial charge in [-0.3, -0.25) is 4.79 Å². The summed E-state index contributed by atoms with van der Waals surface area (Å²) in [6, 6.07) is 9.82. The Balaban J connectivity index is 1.71. The molecule has 5 heteroatoms. The van der Waals surface area contributed by atoms with Crippen LogP contribution in [0.2, 0.25) is 0 Å². The van der Waals surface area contributed by atoms with Crippen LogP contribution in [0, 0.1) is 5.92 Å². The quantitative estimate of drug-likeness (QED) is 0.908. The molecule has 1 aliphatic heterocycles. The molecule has 5 nitrogen and oxygen atoms in total. The Labute approximate surface area is 138 Å². The molecular formula is C18H26N2O3. The molecule has 1 unspecified atom stereocenters. The third-order valence-corrected chi connectivity index (χ3v) is 4.36. The van der Waals surface area contributed by atoms with Crippen LogP contribution in [0.3, 0.4) is 0 Å². The van der Waals surface area contributed by atoms with Crippen LogP contribution in [-0.4, -0.2) is 36.0 Å². The van der Waals surface area contributed by atoms with Gasteiger partial charge in [0.05, 0.1) is 0 Å². The van der Waals surface area contributed by atoms with Crippen molar-refractivity contribution in [2.45, 2.75) is 45.8 Å². The van der Waals surface area contributed by atoms with Crippen molar-refractivity contribution < 1.29 is 14.3 Å². The predicted molar refractivity (Wildman–Crippen MR) is 88.8 cm³/mol. The van der Waals surface area contributed by atoms with Crippen LogP contribution >= 0.6 is 0 Å². The Bertz CT molecular complexity index is 510. The number of rotatable bonds is 5. The van der Waals surface area contributed by atoms with Gasteiger partial charge < -0.3 is 15.0 Å². The van der Waals surface area contributed by atoms with E-state index in [9.17, 15) is 9.59 Å². The molecule has 2 amide bonds. The summed E-state index contributed by atoms with van der Waals surface area (Å²) in [5.41, 5.74) is 0.983. The predicted octanol–water partition coefficient (Wildman–Crippen LogP) is 2.95. The third-order valence-electron chi connectivity index (χ3n) is 4.36. The molecule has 0 spiro atoms. The van der Waals surface area contributed by atoms with E-state index in [1.807, 2.05) is 44.2 Å². The van der Waals surface area contributed by atoms with Gasteiger partial charge in [0.1, 0.15) is 6.61 Å². The SMILES string of the molecule is CCC(C)C(=O)NC1CCN(C(=O)OCc2ccccc2)CC1. The fourth-order valence-electron chi connectivity index (χ4n) is 2.55. The molecule has 23 heavy (non-hydrogen) atoms. The van der Waals surface area contributed by atoms with Gasteiger partial charge in [-0.1, -0.05) is 44.2 Å². The number of carbonyl (C=O) groups excluding carboxylic acids is 2. The van der Waals surface area contributed by atoms with Crippen molar-refractivity contribution in [1.29, 1.82) is 0 Å². The van der Waals surface area contributed by atoms with Crippen LogP contribution in [0.1, 0.15) is 38.7 Å². The van der Waals surface area contributed by atoms with Crippen LogP contribution in [0.5, 0.6) is 0 Å². The molecule has 1 N–H and O–H groups in total. The summed E-state index contributed by atoms with van der Waals surface area (Å²) >= 11 is 0. The molecule has 0 saturated carbocycles. The number of hydrogen-bond acceptors (Lipinski definition) is 3. The van der Waals surface area contributed by atoms with Gasteiger partial charge in [0.2, 0.25) is 5.91 Å². The minimum Gasteiger partial charge on any atom is -0.445 e. The summed E-state index contributed by atoms with van der Waals surface area (Å²) in [5.74, 6) is 0.154. The molecule has 1 fully saturated rings. The zero-order valence-electron chi connectivity index (χ0n) is 14.0. The van der Waals surface area contributed by atoms with Crippen molar-refractivity contribution in [2.24, 2.45) is 5.92 Å². The highest BCUT2D eigenvalue weighted by molar-refractivity contribution is 5.78. The van der Waals surface area contributed by atoms with Gasteiger partial charge in [0, 0.05) is 25.0 Å². The lowest BCUT2D eigenvalue weighted by atomic mass is 10.0. The molecule has 1 saturated heterocycles. The molecule has 0 bridgehead atoms. The first-order valence-corrected chi connectivity index (χ1v) is 8.36. The molecule has 2 rings (SSSR count). The monoisotopic (exact) mass is 318 g/mol. The Morgan fingerprint density at radius 3 is 2.52 bits per heavy atom. The summed E-state index contributed by atoms with van der Waals surface area (Å²) in [4.78, 5) is 25.7. The standard InChI is InChI=1S/C18H26N2O3/c1-3-14(2)17(21)19-16-9-11-20(12-10-16)18(22)23-13-15-7-5-4-6-8-15/h4-8,14,16H,3,9-13H2,1-2H3,(H,19,21). The lowest BCUT2D eigenvalue weighted by Gasteiger charge is -2.32. The van der Waals surface area contributed by atoms with Crippen molar-refractivity contribution >= 4 is 12.0 Å². The van der Waals surface area contributed by atoms with Crippen molar-refractivity contribution in [3.63, 3.8) is 0 Å². The van der Waals surface area contributed by atoms with Gasteiger partial charge in [-0.05, 0) is 24.8 Å². The molecule has 1 heterocycles. The lowest BCUT2D eigenvalue weighted by molar-refractivity contribution is -0.125. The molecule has 1 aromatic rings. The summed E-state index contributed by atoms with van der Waals surface area (Å²) in [6.45, 7) is 5.49. The van der Waals surface area contributed by atoms with E-state index in [1.54, 1.807) is 4.90 Å². The van der Waals surface area contributed by atoms with Crippen LogP contribution < -0.4 is 5.32 Å². The number of nitrogens with zero attached hydrogens (tertiary/aromatic N) is 1. The van der Waals surface area contributed by atoms with E-state index in [1.165, 1.54) is 0 Å². The van der Waals surface area contributed by atoms with Gasteiger partial charge in [-0.25, -0.2) is 4.79 Å². The first kappa shape index (κ1) is 17.3. The Hall–Kier alpha value is -2.04. The van der Waals surface area contributed by atoms with Gasteiger partial charge in [-0.2, -0.15) is 0 Å². The maximum Gasteiger partial charge on any atom is 0.410 e. The van der Waals surface area contributed by atoms with E-state index < -0.39 is 0 Å². The van der Waals surface area contributed by atoms with E-state index in [-0.39, 0.29) is 24.0 Å². The van der Waals surface area contributed by atoms with E-state index in [2.05, 4.69) is 5.32 Å². The maximum absolute atomic E-state index is 12.1. The average Bonchev–Trinajstić information content (AvgIpc) is 2.60. The molecular weight excluding hydrogens is 292 g/mol. The average molecular weight is 318 g/mol. The van der Waals surface area contributed by atoms with Gasteiger partial charge in [-0.15, -0.1) is 0 Å². The number of nitrogens with one attached hydrogen (secondary N) is 1. The normalized spacial score (nSPS) is 16.7. The molecule has 1 aromatic carbocycles. The van der Waals surface area contributed by atoms with Crippen molar-refractivity contribution in [1.82, 2.24) is 10.2 Å². The second-order valence-electron chi connectivity index (χ2n) is 6.12. The summed E-state index contributed by atoms with van der Waals surface area (Å²) in [7, 11) is 0. The number of benzene rings is 1. The minimum absolute atomic E-state index is 0.0452. The van der Waals surface area contributed by atoms with E-state index in [0.717, 1.165) is 24.8 Å². The van der Waals surface area contributed by atoms with Gasteiger partial charge >= 0.3 is 6.09 Å². The van der Waals surface area contributed by atoms with E-state index in [0.29, 0.717) is 19.7 Å². The Morgan fingerprint density at radius 2 is 1.91 bits per heavy atom. The largest absolute Gasteiger partial charge is 0.445 e. The second-order valence-corrected chi connectivity index (χ2v) is 6.12. The number of hydrogen-bond donors (Lipinski definition) is 1. The Kier molecular flexibility index (Phi) is 6.44. The smallest absolute Gasteiger partial charge is 0.410 e. The first-order valence-electron chi connectivity index (χ1n) is 8.36. The third kappa shape index (κ3) is 5.27. The number of amides is 2. The number of carbonyl (C=O) groups is 2. The molecule has 0 radical (unpaired) electrons. The summed E-state index contributed by atoms with van der Waals surface area (Å²) < 4.78 is 5.34. The fraction of sp³-hybridized carbons (Fsp3) is 0.556. The number of likely N-dealkylation sites (tertiary alicyclic amines) is 1. The molecule has 126 valence electrons. The van der Waals surface area contributed by atoms with Crippen LogP contribution in [0.4, 0.5) is 4.79 Å². The van der Waals surface area contributed by atoms with Crippen molar-refractivity contribution in [3.8, 4) is 0 Å². The zero-order chi connectivity index (χ0) is 16.7. The maximum atomic E-state index is 12.1. The van der Waals surface area contributed by atoms with Gasteiger partial charge in [0.15, 0.2) is 0 Å². The van der Waals surface area contributed by atoms with Crippen molar-refractivity contribution in [3.05, 3.63) is 35.9 Å². The van der Waals surface area contributed by atoms with E-state index >= 15 is 0 Å². The molecule has 0 aliphatic carbocycles. The first-order chi connectivity index (χ1) is 11.1. The summed E-state index contributed by atoms with van der Waals surface area (Å²) in [6.07, 6.45) is 2.13. The topological polar surface area (TPSA) is 58.6 Å². The highest BCUT2D eigenvalue weighted by atomic mass is 16.6. The molecule has 1 aliphatic rings. The highest BCUT2D eigenvalue weighted by Gasteiger charge is 2.25. The highest BCUT2D eigenvalue weighted by Crippen LogP contribution is 2.13.